The van der Waals surface area contributed by atoms with Crippen LogP contribution in [0, 0.1) is 18.6 Å². The van der Waals surface area contributed by atoms with Crippen LogP contribution in [0.4, 0.5) is 8.78 Å². The lowest BCUT2D eigenvalue weighted by Gasteiger charge is -2.16. The maximum absolute atomic E-state index is 13.6. The first kappa shape index (κ1) is 11.8. The minimum Gasteiger partial charge on any atom is -0.469 e. The highest BCUT2D eigenvalue weighted by Gasteiger charge is 2.20. The molecule has 2 aromatic rings. The zero-order valence-electron chi connectivity index (χ0n) is 9.21. The number of furan rings is 1. The molecule has 0 aliphatic carbocycles. The van der Waals surface area contributed by atoms with Crippen molar-refractivity contribution >= 4 is 0 Å². The second-order valence-corrected chi connectivity index (χ2v) is 3.70. The van der Waals surface area contributed by atoms with Crippen LogP contribution in [0.3, 0.4) is 0 Å². The molecule has 0 radical (unpaired) electrons. The summed E-state index contributed by atoms with van der Waals surface area (Å²) >= 11 is 0. The Bertz CT molecular complexity index is 525. The molecule has 3 N–H and O–H groups in total. The lowest BCUT2D eigenvalue weighted by atomic mass is 9.99. The zero-order chi connectivity index (χ0) is 12.4. The minimum absolute atomic E-state index is 0.150. The highest BCUT2D eigenvalue weighted by molar-refractivity contribution is 5.33. The van der Waals surface area contributed by atoms with E-state index in [9.17, 15) is 8.78 Å². The number of hydrazine groups is 1. The van der Waals surface area contributed by atoms with Crippen LogP contribution < -0.4 is 11.3 Å². The Labute approximate surface area is 97.2 Å². The topological polar surface area (TPSA) is 51.2 Å². The SMILES string of the molecule is Cc1occc1C(NN)c1cc(F)ccc1F. The summed E-state index contributed by atoms with van der Waals surface area (Å²) < 4.78 is 31.9. The summed E-state index contributed by atoms with van der Waals surface area (Å²) in [7, 11) is 0. The molecule has 0 amide bonds. The maximum atomic E-state index is 13.6. The van der Waals surface area contributed by atoms with Gasteiger partial charge >= 0.3 is 0 Å². The van der Waals surface area contributed by atoms with Gasteiger partial charge in [0.25, 0.3) is 0 Å². The Morgan fingerprint density at radius 3 is 2.59 bits per heavy atom. The standard InChI is InChI=1S/C12H12F2N2O/c1-7-9(4-5-17-7)12(16-15)10-6-8(13)2-3-11(10)14/h2-6,12,16H,15H2,1H3. The van der Waals surface area contributed by atoms with Gasteiger partial charge in [-0.25, -0.2) is 14.2 Å². The number of aryl methyl sites for hydroxylation is 1. The van der Waals surface area contributed by atoms with Gasteiger partial charge in [-0.15, -0.1) is 0 Å². The van der Waals surface area contributed by atoms with Crippen molar-refractivity contribution in [2.24, 2.45) is 5.84 Å². The molecule has 3 nitrogen and oxygen atoms in total. The predicted octanol–water partition coefficient (Wildman–Crippen LogP) is 2.42. The smallest absolute Gasteiger partial charge is 0.128 e. The van der Waals surface area contributed by atoms with E-state index in [1.807, 2.05) is 0 Å². The summed E-state index contributed by atoms with van der Waals surface area (Å²) in [6.07, 6.45) is 1.48. The van der Waals surface area contributed by atoms with Crippen LogP contribution >= 0.6 is 0 Å². The van der Waals surface area contributed by atoms with E-state index >= 15 is 0 Å². The van der Waals surface area contributed by atoms with E-state index in [4.69, 9.17) is 10.3 Å². The molecule has 0 saturated carbocycles. The Balaban J connectivity index is 2.49. The van der Waals surface area contributed by atoms with Gasteiger partial charge in [0.2, 0.25) is 0 Å². The van der Waals surface area contributed by atoms with Crippen molar-refractivity contribution in [1.29, 1.82) is 0 Å². The summed E-state index contributed by atoms with van der Waals surface area (Å²) in [5, 5.41) is 0. The first-order valence-corrected chi connectivity index (χ1v) is 5.08. The third kappa shape index (κ3) is 2.20. The molecule has 90 valence electrons. The lowest BCUT2D eigenvalue weighted by molar-refractivity contribution is 0.510. The summed E-state index contributed by atoms with van der Waals surface area (Å²) in [6.45, 7) is 1.73. The first-order valence-electron chi connectivity index (χ1n) is 5.08. The van der Waals surface area contributed by atoms with E-state index in [1.165, 1.54) is 6.26 Å². The van der Waals surface area contributed by atoms with Crippen LogP contribution in [-0.4, -0.2) is 0 Å². The molecule has 1 aromatic heterocycles. The number of benzene rings is 1. The molecule has 1 atom stereocenters. The molecule has 0 aliphatic rings. The summed E-state index contributed by atoms with van der Waals surface area (Å²) in [5.74, 6) is 4.98. The average molecular weight is 238 g/mol. The molecule has 5 heteroatoms. The number of nitrogens with one attached hydrogen (secondary N) is 1. The highest BCUT2D eigenvalue weighted by atomic mass is 19.1. The molecule has 1 unspecified atom stereocenters. The monoisotopic (exact) mass is 238 g/mol. The second-order valence-electron chi connectivity index (χ2n) is 3.70. The van der Waals surface area contributed by atoms with Gasteiger partial charge in [-0.3, -0.25) is 5.84 Å². The van der Waals surface area contributed by atoms with Crippen molar-refractivity contribution < 1.29 is 13.2 Å². The van der Waals surface area contributed by atoms with Crippen molar-refractivity contribution in [3.63, 3.8) is 0 Å². The van der Waals surface area contributed by atoms with Crippen molar-refractivity contribution in [3.8, 4) is 0 Å². The molecular weight excluding hydrogens is 226 g/mol. The maximum Gasteiger partial charge on any atom is 0.128 e. The molecule has 0 aliphatic heterocycles. The summed E-state index contributed by atoms with van der Waals surface area (Å²) in [4.78, 5) is 0. The Kier molecular flexibility index (Phi) is 3.21. The van der Waals surface area contributed by atoms with Gasteiger partial charge in [-0.1, -0.05) is 0 Å². The number of rotatable bonds is 3. The summed E-state index contributed by atoms with van der Waals surface area (Å²) in [6, 6.07) is 4.29. The molecule has 17 heavy (non-hydrogen) atoms. The van der Waals surface area contributed by atoms with Crippen molar-refractivity contribution in [2.45, 2.75) is 13.0 Å². The second kappa shape index (κ2) is 4.65. The van der Waals surface area contributed by atoms with Crippen LogP contribution in [0.1, 0.15) is 22.9 Å². The largest absolute Gasteiger partial charge is 0.469 e. The van der Waals surface area contributed by atoms with Gasteiger partial charge in [0.1, 0.15) is 17.4 Å². The number of nitrogens with two attached hydrogens (primary N) is 1. The van der Waals surface area contributed by atoms with E-state index in [0.717, 1.165) is 18.2 Å². The fraction of sp³-hybridized carbons (Fsp3) is 0.167. The molecule has 0 fully saturated rings. The molecular formula is C12H12F2N2O. The molecule has 0 bridgehead atoms. The van der Waals surface area contributed by atoms with Crippen molar-refractivity contribution in [3.05, 3.63) is 59.1 Å². The highest BCUT2D eigenvalue weighted by Crippen LogP contribution is 2.27. The first-order chi connectivity index (χ1) is 8.13. The van der Waals surface area contributed by atoms with E-state index in [2.05, 4.69) is 5.43 Å². The fourth-order valence-corrected chi connectivity index (χ4v) is 1.78. The Morgan fingerprint density at radius 1 is 1.24 bits per heavy atom. The van der Waals surface area contributed by atoms with Crippen LogP contribution in [0.2, 0.25) is 0 Å². The van der Waals surface area contributed by atoms with Gasteiger partial charge in [0, 0.05) is 11.1 Å². The third-order valence-corrected chi connectivity index (χ3v) is 2.65. The molecule has 1 heterocycles. The predicted molar refractivity (Wildman–Crippen MR) is 59.0 cm³/mol. The normalized spacial score (nSPS) is 12.7. The van der Waals surface area contributed by atoms with E-state index < -0.39 is 17.7 Å². The van der Waals surface area contributed by atoms with Crippen LogP contribution in [0.15, 0.2) is 34.9 Å². The van der Waals surface area contributed by atoms with E-state index in [0.29, 0.717) is 11.3 Å². The van der Waals surface area contributed by atoms with E-state index in [-0.39, 0.29) is 5.56 Å². The Morgan fingerprint density at radius 2 is 2.00 bits per heavy atom. The van der Waals surface area contributed by atoms with Gasteiger partial charge in [0.15, 0.2) is 0 Å². The fourth-order valence-electron chi connectivity index (χ4n) is 1.78. The average Bonchev–Trinajstić information content (AvgIpc) is 2.71. The van der Waals surface area contributed by atoms with E-state index in [1.54, 1.807) is 13.0 Å². The molecule has 2 rings (SSSR count). The molecule has 0 saturated heterocycles. The third-order valence-electron chi connectivity index (χ3n) is 2.65. The number of hydrogen-bond donors (Lipinski definition) is 2. The van der Waals surface area contributed by atoms with Crippen molar-refractivity contribution in [2.75, 3.05) is 0 Å². The number of halogens is 2. The van der Waals surface area contributed by atoms with Gasteiger partial charge in [-0.2, -0.15) is 0 Å². The molecule has 1 aromatic carbocycles. The van der Waals surface area contributed by atoms with Gasteiger partial charge in [-0.05, 0) is 31.2 Å². The molecule has 0 spiro atoms. The van der Waals surface area contributed by atoms with Crippen LogP contribution in [-0.2, 0) is 0 Å². The lowest BCUT2D eigenvalue weighted by Crippen LogP contribution is -2.29. The van der Waals surface area contributed by atoms with Gasteiger partial charge in [0.05, 0.1) is 12.3 Å². The number of hydrogen-bond acceptors (Lipinski definition) is 3. The van der Waals surface area contributed by atoms with Crippen LogP contribution in [0.25, 0.3) is 0 Å². The van der Waals surface area contributed by atoms with Crippen molar-refractivity contribution in [1.82, 2.24) is 5.43 Å². The minimum atomic E-state index is -0.635. The quantitative estimate of drug-likeness (QED) is 0.637. The zero-order valence-corrected chi connectivity index (χ0v) is 9.21. The Hall–Kier alpha value is -1.72. The summed E-state index contributed by atoms with van der Waals surface area (Å²) in [5.41, 5.74) is 3.29. The van der Waals surface area contributed by atoms with Crippen LogP contribution in [0.5, 0.6) is 0 Å². The van der Waals surface area contributed by atoms with Gasteiger partial charge < -0.3 is 4.42 Å².